The van der Waals surface area contributed by atoms with E-state index in [0.717, 1.165) is 11.8 Å². The largest absolute Gasteiger partial charge is 0.451 e. The number of rotatable bonds is 4. The van der Waals surface area contributed by atoms with Gasteiger partial charge >= 0.3 is 0 Å². The van der Waals surface area contributed by atoms with Gasteiger partial charge in [0.2, 0.25) is 0 Å². The number of para-hydroxylation sites is 1. The van der Waals surface area contributed by atoms with Crippen molar-refractivity contribution in [2.45, 2.75) is 0 Å². The second kappa shape index (κ2) is 7.27. The number of nitrogens with one attached hydrogen (secondary N) is 1. The van der Waals surface area contributed by atoms with Gasteiger partial charge in [-0.1, -0.05) is 12.1 Å². The third kappa shape index (κ3) is 3.62. The first-order valence-electron chi connectivity index (χ1n) is 8.80. The van der Waals surface area contributed by atoms with Crippen LogP contribution in [0.2, 0.25) is 0 Å². The Labute approximate surface area is 165 Å². The molecule has 5 nitrogen and oxygen atoms in total. The Balaban J connectivity index is 1.62. The lowest BCUT2D eigenvalue weighted by atomic mass is 10.2. The molecular weight excluding hydrogens is 376 g/mol. The number of nitrogens with two attached hydrogens (primary N) is 1. The number of carbonyl (C=O) groups excluding carboxylic acids is 1. The van der Waals surface area contributed by atoms with Crippen molar-refractivity contribution >= 4 is 39.6 Å². The molecular formula is C22H17F2N3O2. The standard InChI is InChI=1S/C22H17F2N3O2/c1-27(19-5-3-2-4-16(19)24)15-7-9-20-13(10-15)11-21(29-20)22(28)26-18-12-14(23)6-8-17(18)25/h2-12H,25H2,1H3,(H,26,28). The lowest BCUT2D eigenvalue weighted by Gasteiger charge is -2.20. The summed E-state index contributed by atoms with van der Waals surface area (Å²) in [5, 5.41) is 3.21. The minimum absolute atomic E-state index is 0.0503. The van der Waals surface area contributed by atoms with Crippen molar-refractivity contribution in [2.24, 2.45) is 0 Å². The van der Waals surface area contributed by atoms with Crippen molar-refractivity contribution in [3.63, 3.8) is 0 Å². The maximum absolute atomic E-state index is 14.1. The Morgan fingerprint density at radius 2 is 1.83 bits per heavy atom. The summed E-state index contributed by atoms with van der Waals surface area (Å²) in [5.41, 5.74) is 7.81. The molecule has 4 rings (SSSR count). The third-order valence-corrected chi connectivity index (χ3v) is 4.59. The number of halogens is 2. The number of nitrogen functional groups attached to an aromatic ring is 1. The van der Waals surface area contributed by atoms with Crippen molar-refractivity contribution in [3.8, 4) is 0 Å². The van der Waals surface area contributed by atoms with Crippen LogP contribution in [0.5, 0.6) is 0 Å². The van der Waals surface area contributed by atoms with E-state index in [0.29, 0.717) is 16.7 Å². The molecule has 0 aliphatic rings. The average Bonchev–Trinajstić information content (AvgIpc) is 3.14. The van der Waals surface area contributed by atoms with E-state index in [-0.39, 0.29) is 23.0 Å². The maximum Gasteiger partial charge on any atom is 0.291 e. The fourth-order valence-corrected chi connectivity index (χ4v) is 3.03. The predicted molar refractivity (Wildman–Crippen MR) is 109 cm³/mol. The second-order valence-electron chi connectivity index (χ2n) is 6.53. The molecule has 1 aromatic heterocycles. The highest BCUT2D eigenvalue weighted by Gasteiger charge is 2.16. The molecule has 0 saturated heterocycles. The molecule has 3 N–H and O–H groups in total. The van der Waals surface area contributed by atoms with Crippen LogP contribution >= 0.6 is 0 Å². The second-order valence-corrected chi connectivity index (χ2v) is 6.53. The van der Waals surface area contributed by atoms with Crippen molar-refractivity contribution < 1.29 is 18.0 Å². The molecule has 29 heavy (non-hydrogen) atoms. The summed E-state index contributed by atoms with van der Waals surface area (Å²) < 4.78 is 33.1. The number of hydrogen-bond donors (Lipinski definition) is 2. The predicted octanol–water partition coefficient (Wildman–Crippen LogP) is 5.31. The molecule has 0 unspecified atom stereocenters. The molecule has 0 radical (unpaired) electrons. The van der Waals surface area contributed by atoms with E-state index in [4.69, 9.17) is 10.2 Å². The minimum atomic E-state index is -0.553. The SMILES string of the molecule is CN(c1ccc2oc(C(=O)Nc3cc(F)ccc3N)cc2c1)c1ccccc1F. The highest BCUT2D eigenvalue weighted by molar-refractivity contribution is 6.06. The van der Waals surface area contributed by atoms with Crippen molar-refractivity contribution in [2.75, 3.05) is 23.0 Å². The van der Waals surface area contributed by atoms with Crippen molar-refractivity contribution in [3.05, 3.63) is 84.1 Å². The van der Waals surface area contributed by atoms with Crippen LogP contribution in [0, 0.1) is 11.6 Å². The Kier molecular flexibility index (Phi) is 4.64. The van der Waals surface area contributed by atoms with Crippen LogP contribution in [-0.2, 0) is 0 Å². The van der Waals surface area contributed by atoms with E-state index in [1.807, 2.05) is 0 Å². The number of nitrogens with zero attached hydrogens (tertiary/aromatic N) is 1. The minimum Gasteiger partial charge on any atom is -0.451 e. The summed E-state index contributed by atoms with van der Waals surface area (Å²) in [6, 6.07) is 17.0. The summed E-state index contributed by atoms with van der Waals surface area (Å²) in [6.45, 7) is 0. The number of fused-ring (bicyclic) bond motifs is 1. The van der Waals surface area contributed by atoms with Crippen molar-refractivity contribution in [1.29, 1.82) is 0 Å². The van der Waals surface area contributed by atoms with Gasteiger partial charge in [0, 0.05) is 18.1 Å². The summed E-state index contributed by atoms with van der Waals surface area (Å²) in [4.78, 5) is 14.2. The van der Waals surface area contributed by atoms with Gasteiger partial charge in [-0.25, -0.2) is 8.78 Å². The smallest absolute Gasteiger partial charge is 0.291 e. The van der Waals surface area contributed by atoms with Gasteiger partial charge in [-0.3, -0.25) is 4.79 Å². The highest BCUT2D eigenvalue weighted by Crippen LogP contribution is 2.30. The quantitative estimate of drug-likeness (QED) is 0.461. The zero-order chi connectivity index (χ0) is 20.5. The van der Waals surface area contributed by atoms with Gasteiger partial charge in [0.05, 0.1) is 17.1 Å². The first kappa shape index (κ1) is 18.5. The van der Waals surface area contributed by atoms with E-state index < -0.39 is 11.7 Å². The van der Waals surface area contributed by atoms with Crippen LogP contribution in [-0.4, -0.2) is 13.0 Å². The number of hydrogen-bond acceptors (Lipinski definition) is 4. The normalized spacial score (nSPS) is 10.9. The van der Waals surface area contributed by atoms with Crippen molar-refractivity contribution in [1.82, 2.24) is 0 Å². The molecule has 4 aromatic rings. The fourth-order valence-electron chi connectivity index (χ4n) is 3.03. The number of carbonyl (C=O) groups is 1. The zero-order valence-electron chi connectivity index (χ0n) is 15.4. The molecule has 1 amide bonds. The maximum atomic E-state index is 14.1. The summed E-state index contributed by atoms with van der Waals surface area (Å²) >= 11 is 0. The van der Waals surface area contributed by atoms with Crippen LogP contribution in [0.25, 0.3) is 11.0 Å². The van der Waals surface area contributed by atoms with E-state index >= 15 is 0 Å². The molecule has 7 heteroatoms. The van der Waals surface area contributed by atoms with Gasteiger partial charge in [-0.15, -0.1) is 0 Å². The highest BCUT2D eigenvalue weighted by atomic mass is 19.1. The Bertz CT molecular complexity index is 1220. The topological polar surface area (TPSA) is 71.5 Å². The van der Waals surface area contributed by atoms with Crippen LogP contribution in [0.15, 0.2) is 71.1 Å². The molecule has 0 saturated carbocycles. The third-order valence-electron chi connectivity index (χ3n) is 4.59. The molecule has 0 atom stereocenters. The van der Waals surface area contributed by atoms with Gasteiger partial charge in [0.1, 0.15) is 17.2 Å². The molecule has 0 fully saturated rings. The number of amides is 1. The monoisotopic (exact) mass is 393 g/mol. The summed E-state index contributed by atoms with van der Waals surface area (Å²) in [7, 11) is 1.75. The molecule has 1 heterocycles. The number of anilines is 4. The fraction of sp³-hybridized carbons (Fsp3) is 0.0455. The Hall–Kier alpha value is -3.87. The first-order valence-corrected chi connectivity index (χ1v) is 8.80. The molecule has 0 spiro atoms. The van der Waals surface area contributed by atoms with E-state index in [9.17, 15) is 13.6 Å². The van der Waals surface area contributed by atoms with Crippen LogP contribution < -0.4 is 16.0 Å². The lowest BCUT2D eigenvalue weighted by Crippen LogP contribution is -2.12. The number of furan rings is 1. The van der Waals surface area contributed by atoms with E-state index in [1.54, 1.807) is 54.4 Å². The molecule has 0 bridgehead atoms. The van der Waals surface area contributed by atoms with Gasteiger partial charge in [0.15, 0.2) is 5.76 Å². The summed E-state index contributed by atoms with van der Waals surface area (Å²) in [6.07, 6.45) is 0. The van der Waals surface area contributed by atoms with Gasteiger partial charge in [-0.2, -0.15) is 0 Å². The Morgan fingerprint density at radius 3 is 2.62 bits per heavy atom. The first-order chi connectivity index (χ1) is 13.9. The van der Waals surface area contributed by atoms with Gasteiger partial charge < -0.3 is 20.4 Å². The molecule has 0 aliphatic carbocycles. The summed E-state index contributed by atoms with van der Waals surface area (Å²) in [5.74, 6) is -1.35. The van der Waals surface area contributed by atoms with Gasteiger partial charge in [-0.05, 0) is 54.6 Å². The lowest BCUT2D eigenvalue weighted by molar-refractivity contribution is 0.0998. The van der Waals surface area contributed by atoms with Gasteiger partial charge in [0.25, 0.3) is 5.91 Å². The van der Waals surface area contributed by atoms with Crippen LogP contribution in [0.1, 0.15) is 10.6 Å². The number of benzene rings is 3. The van der Waals surface area contributed by atoms with E-state index in [1.165, 1.54) is 18.2 Å². The molecule has 146 valence electrons. The average molecular weight is 393 g/mol. The van der Waals surface area contributed by atoms with Crippen LogP contribution in [0.3, 0.4) is 0 Å². The van der Waals surface area contributed by atoms with Crippen LogP contribution in [0.4, 0.5) is 31.5 Å². The van der Waals surface area contributed by atoms with E-state index in [2.05, 4.69) is 5.32 Å². The molecule has 3 aromatic carbocycles. The zero-order valence-corrected chi connectivity index (χ0v) is 15.4. The molecule has 0 aliphatic heterocycles. The Morgan fingerprint density at radius 1 is 1.03 bits per heavy atom.